The van der Waals surface area contributed by atoms with Crippen LogP contribution in [0.1, 0.15) is 30.0 Å². The number of nitrogens with zero attached hydrogens (tertiary/aromatic N) is 3. The van der Waals surface area contributed by atoms with E-state index in [0.29, 0.717) is 11.1 Å². The van der Waals surface area contributed by atoms with Gasteiger partial charge in [0.25, 0.3) is 6.02 Å². The Labute approximate surface area is 152 Å². The minimum Gasteiger partial charge on any atom is -0.452 e. The van der Waals surface area contributed by atoms with Gasteiger partial charge in [-0.1, -0.05) is 11.8 Å². The number of aliphatic imine (C=N–C) groups is 1. The van der Waals surface area contributed by atoms with Crippen molar-refractivity contribution in [3.8, 4) is 11.8 Å². The summed E-state index contributed by atoms with van der Waals surface area (Å²) in [4.78, 5) is 11.6. The van der Waals surface area contributed by atoms with E-state index in [2.05, 4.69) is 31.5 Å². The molecule has 1 aromatic heterocycles. The summed E-state index contributed by atoms with van der Waals surface area (Å²) in [6.07, 6.45) is -3.06. The molecule has 0 saturated heterocycles. The first-order valence-electron chi connectivity index (χ1n) is 7.83. The maximum Gasteiger partial charge on any atom is 0.425 e. The Balaban J connectivity index is 1.99. The van der Waals surface area contributed by atoms with Crippen molar-refractivity contribution < 1.29 is 22.3 Å². The van der Waals surface area contributed by atoms with Crippen molar-refractivity contribution in [2.75, 3.05) is 0 Å². The van der Waals surface area contributed by atoms with Crippen LogP contribution in [0.5, 0.6) is 0 Å². The molecule has 0 bridgehead atoms. The van der Waals surface area contributed by atoms with Gasteiger partial charge in [0.05, 0.1) is 11.1 Å². The second-order valence-corrected chi connectivity index (χ2v) is 6.15. The lowest BCUT2D eigenvalue weighted by molar-refractivity contribution is -0.208. The number of hydrogen-bond donors (Lipinski definition) is 1. The molecule has 0 radical (unpaired) electrons. The molecule has 5 nitrogen and oxygen atoms in total. The number of ether oxygens (including phenoxy) is 1. The van der Waals surface area contributed by atoms with E-state index in [1.54, 1.807) is 0 Å². The Morgan fingerprint density at radius 3 is 2.52 bits per heavy atom. The summed E-state index contributed by atoms with van der Waals surface area (Å²) in [7, 11) is 0. The third-order valence-corrected chi connectivity index (χ3v) is 4.03. The van der Waals surface area contributed by atoms with Crippen LogP contribution in [0.4, 0.5) is 17.6 Å². The molecule has 9 heteroatoms. The lowest BCUT2D eigenvalue weighted by Crippen LogP contribution is -2.46. The number of hydrogen-bond acceptors (Lipinski definition) is 5. The van der Waals surface area contributed by atoms with Crippen molar-refractivity contribution in [3.05, 3.63) is 59.4 Å². The average molecular weight is 378 g/mol. The molecule has 140 valence electrons. The first-order valence-corrected chi connectivity index (χ1v) is 7.83. The van der Waals surface area contributed by atoms with Crippen molar-refractivity contribution in [1.82, 2.24) is 9.97 Å². The van der Waals surface area contributed by atoms with Gasteiger partial charge in [-0.05, 0) is 25.1 Å². The Morgan fingerprint density at radius 2 is 1.85 bits per heavy atom. The molecule has 3 rings (SSSR count). The van der Waals surface area contributed by atoms with Crippen LogP contribution in [0.25, 0.3) is 0 Å². The molecule has 0 fully saturated rings. The van der Waals surface area contributed by atoms with Crippen molar-refractivity contribution in [2.24, 2.45) is 10.7 Å². The van der Waals surface area contributed by atoms with Crippen LogP contribution in [0.2, 0.25) is 0 Å². The van der Waals surface area contributed by atoms with Gasteiger partial charge < -0.3 is 10.5 Å². The van der Waals surface area contributed by atoms with Crippen LogP contribution >= 0.6 is 0 Å². The number of rotatable bonds is 1. The molecule has 2 N–H and O–H groups in total. The van der Waals surface area contributed by atoms with Gasteiger partial charge in [0.1, 0.15) is 12.1 Å². The second kappa shape index (κ2) is 6.87. The highest BCUT2D eigenvalue weighted by atomic mass is 19.4. The molecule has 27 heavy (non-hydrogen) atoms. The summed E-state index contributed by atoms with van der Waals surface area (Å²) in [6.45, 7) is 1.38. The summed E-state index contributed by atoms with van der Waals surface area (Å²) in [5.74, 6) is 4.91. The third-order valence-electron chi connectivity index (χ3n) is 4.03. The molecule has 0 amide bonds. The predicted molar refractivity (Wildman–Crippen MR) is 88.9 cm³/mol. The third kappa shape index (κ3) is 4.16. The fourth-order valence-corrected chi connectivity index (χ4v) is 2.74. The molecule has 2 atom stereocenters. The van der Waals surface area contributed by atoms with Gasteiger partial charge in [-0.3, -0.25) is 0 Å². The predicted octanol–water partition coefficient (Wildman–Crippen LogP) is 2.90. The highest BCUT2D eigenvalue weighted by Crippen LogP contribution is 2.40. The molecule has 0 unspecified atom stereocenters. The van der Waals surface area contributed by atoms with Crippen LogP contribution < -0.4 is 5.73 Å². The Hall–Kier alpha value is -3.15. The average Bonchev–Trinajstić information content (AvgIpc) is 2.60. The number of amidine groups is 1. The summed E-state index contributed by atoms with van der Waals surface area (Å²) in [5, 5.41) is 0. The van der Waals surface area contributed by atoms with Gasteiger partial charge in [-0.15, -0.1) is 0 Å². The van der Waals surface area contributed by atoms with Gasteiger partial charge in [0, 0.05) is 29.9 Å². The van der Waals surface area contributed by atoms with E-state index >= 15 is 0 Å². The molecule has 1 aliphatic rings. The SMILES string of the molecule is C[C@@]1(c2cc(C#Cc3cncnc3)ccc2F)C[C@@H](C(F)(F)F)OC(N)=N1. The molecule has 0 saturated carbocycles. The normalized spacial score (nSPS) is 22.3. The largest absolute Gasteiger partial charge is 0.452 e. The van der Waals surface area contributed by atoms with E-state index in [1.807, 2.05) is 0 Å². The van der Waals surface area contributed by atoms with Crippen molar-refractivity contribution in [1.29, 1.82) is 0 Å². The van der Waals surface area contributed by atoms with Crippen molar-refractivity contribution in [3.63, 3.8) is 0 Å². The zero-order valence-electron chi connectivity index (χ0n) is 14.1. The van der Waals surface area contributed by atoms with Crippen LogP contribution in [0, 0.1) is 17.7 Å². The first-order chi connectivity index (χ1) is 12.7. The summed E-state index contributed by atoms with van der Waals surface area (Å²) in [6, 6.07) is 3.29. The minimum absolute atomic E-state index is 0.0425. The molecule has 1 aliphatic heterocycles. The summed E-state index contributed by atoms with van der Waals surface area (Å²) >= 11 is 0. The maximum absolute atomic E-state index is 14.4. The summed E-state index contributed by atoms with van der Waals surface area (Å²) < 4.78 is 58.3. The molecule has 1 aromatic carbocycles. The van der Waals surface area contributed by atoms with Gasteiger partial charge in [-0.2, -0.15) is 13.2 Å². The minimum atomic E-state index is -4.65. The van der Waals surface area contributed by atoms with E-state index in [0.717, 1.165) is 6.07 Å². The van der Waals surface area contributed by atoms with E-state index in [4.69, 9.17) is 5.73 Å². The van der Waals surface area contributed by atoms with Crippen LogP contribution in [-0.2, 0) is 10.3 Å². The molecular weight excluding hydrogens is 364 g/mol. The van der Waals surface area contributed by atoms with Crippen LogP contribution in [-0.4, -0.2) is 28.3 Å². The first kappa shape index (κ1) is 18.6. The monoisotopic (exact) mass is 378 g/mol. The second-order valence-electron chi connectivity index (χ2n) is 6.15. The Bertz CT molecular complexity index is 934. The lowest BCUT2D eigenvalue weighted by atomic mass is 9.85. The Morgan fingerprint density at radius 1 is 1.19 bits per heavy atom. The van der Waals surface area contributed by atoms with Crippen molar-refractivity contribution in [2.45, 2.75) is 31.2 Å². The summed E-state index contributed by atoms with van der Waals surface area (Å²) in [5.41, 5.74) is 4.78. The van der Waals surface area contributed by atoms with E-state index in [9.17, 15) is 17.6 Å². The quantitative estimate of drug-likeness (QED) is 0.612. The number of nitrogens with two attached hydrogens (primary N) is 1. The van der Waals surface area contributed by atoms with Crippen LogP contribution in [0.15, 0.2) is 41.9 Å². The number of halogens is 4. The highest BCUT2D eigenvalue weighted by Gasteiger charge is 2.50. The topological polar surface area (TPSA) is 73.4 Å². The number of alkyl halides is 3. The number of aromatic nitrogens is 2. The molecule has 0 spiro atoms. The number of benzene rings is 1. The van der Waals surface area contributed by atoms with Gasteiger partial charge in [0.2, 0.25) is 0 Å². The smallest absolute Gasteiger partial charge is 0.425 e. The maximum atomic E-state index is 14.4. The molecule has 2 heterocycles. The fourth-order valence-electron chi connectivity index (χ4n) is 2.74. The standard InChI is InChI=1S/C18H14F4N4O/c1-17(7-15(18(20,21)22)27-16(23)26-17)13-6-11(4-5-14(13)19)2-3-12-8-24-10-25-9-12/h4-6,8-10,15H,7H2,1H3,(H2,23,26)/t15-,17-/m0/s1. The van der Waals surface area contributed by atoms with Gasteiger partial charge >= 0.3 is 6.18 Å². The highest BCUT2D eigenvalue weighted by molar-refractivity contribution is 5.73. The zero-order valence-corrected chi connectivity index (χ0v) is 14.1. The lowest BCUT2D eigenvalue weighted by Gasteiger charge is -2.35. The zero-order chi connectivity index (χ0) is 19.7. The Kier molecular flexibility index (Phi) is 4.74. The van der Waals surface area contributed by atoms with Crippen LogP contribution in [0.3, 0.4) is 0 Å². The fraction of sp³-hybridized carbons (Fsp3) is 0.278. The van der Waals surface area contributed by atoms with E-state index in [1.165, 1.54) is 37.8 Å². The molecular formula is C18H14F4N4O. The van der Waals surface area contributed by atoms with E-state index < -0.39 is 36.1 Å². The molecule has 2 aromatic rings. The van der Waals surface area contributed by atoms with Gasteiger partial charge in [-0.25, -0.2) is 19.4 Å². The van der Waals surface area contributed by atoms with Gasteiger partial charge in [0.15, 0.2) is 6.10 Å². The van der Waals surface area contributed by atoms with E-state index in [-0.39, 0.29) is 5.56 Å². The molecule has 0 aliphatic carbocycles. The van der Waals surface area contributed by atoms with Crippen molar-refractivity contribution >= 4 is 6.02 Å².